The summed E-state index contributed by atoms with van der Waals surface area (Å²) in [5, 5.41) is 7.73. The zero-order chi connectivity index (χ0) is 16.3. The SMILES string of the molecule is CCC(NC(=O)C(C)n1cncn1)c1nc(C(F)(F)F)cs1. The van der Waals surface area contributed by atoms with Crippen molar-refractivity contribution in [3.8, 4) is 0 Å². The molecule has 0 saturated carbocycles. The minimum Gasteiger partial charge on any atom is -0.345 e. The minimum atomic E-state index is -4.48. The van der Waals surface area contributed by atoms with Crippen molar-refractivity contribution in [3.05, 3.63) is 28.7 Å². The Morgan fingerprint density at radius 2 is 2.23 bits per heavy atom. The number of nitrogens with zero attached hydrogens (tertiary/aromatic N) is 4. The normalized spacial score (nSPS) is 14.6. The van der Waals surface area contributed by atoms with E-state index in [9.17, 15) is 18.0 Å². The van der Waals surface area contributed by atoms with E-state index in [-0.39, 0.29) is 10.9 Å². The van der Waals surface area contributed by atoms with E-state index in [0.29, 0.717) is 6.42 Å². The summed E-state index contributed by atoms with van der Waals surface area (Å²) in [6.07, 6.45) is -1.35. The molecule has 2 rings (SSSR count). The second kappa shape index (κ2) is 6.42. The van der Waals surface area contributed by atoms with Gasteiger partial charge in [-0.1, -0.05) is 6.92 Å². The minimum absolute atomic E-state index is 0.231. The molecule has 10 heteroatoms. The number of thiazole rings is 1. The Labute approximate surface area is 128 Å². The van der Waals surface area contributed by atoms with Crippen LogP contribution in [-0.2, 0) is 11.0 Å². The van der Waals surface area contributed by atoms with E-state index in [2.05, 4.69) is 20.4 Å². The van der Waals surface area contributed by atoms with Crippen LogP contribution in [-0.4, -0.2) is 25.7 Å². The number of aromatic nitrogens is 4. The molecule has 0 aliphatic rings. The zero-order valence-electron chi connectivity index (χ0n) is 11.8. The lowest BCUT2D eigenvalue weighted by Crippen LogP contribution is -2.34. The van der Waals surface area contributed by atoms with Crippen molar-refractivity contribution in [2.45, 2.75) is 38.5 Å². The summed E-state index contributed by atoms with van der Waals surface area (Å²) in [7, 11) is 0. The van der Waals surface area contributed by atoms with Gasteiger partial charge in [-0.2, -0.15) is 18.3 Å². The van der Waals surface area contributed by atoms with Crippen LogP contribution < -0.4 is 5.32 Å². The van der Waals surface area contributed by atoms with E-state index >= 15 is 0 Å². The first kappa shape index (κ1) is 16.4. The van der Waals surface area contributed by atoms with Crippen LogP contribution in [0.5, 0.6) is 0 Å². The molecule has 2 atom stereocenters. The third-order valence-corrected chi connectivity index (χ3v) is 4.01. The van der Waals surface area contributed by atoms with Crippen LogP contribution in [0.4, 0.5) is 13.2 Å². The first-order valence-corrected chi connectivity index (χ1v) is 7.38. The summed E-state index contributed by atoms with van der Waals surface area (Å²) < 4.78 is 39.1. The quantitative estimate of drug-likeness (QED) is 0.913. The van der Waals surface area contributed by atoms with Crippen molar-refractivity contribution in [2.75, 3.05) is 0 Å². The number of hydrogen-bond donors (Lipinski definition) is 1. The average molecular weight is 333 g/mol. The van der Waals surface area contributed by atoms with Crippen LogP contribution in [0.3, 0.4) is 0 Å². The molecule has 22 heavy (non-hydrogen) atoms. The number of amides is 1. The molecule has 2 unspecified atom stereocenters. The monoisotopic (exact) mass is 333 g/mol. The molecule has 0 aliphatic carbocycles. The second-order valence-electron chi connectivity index (χ2n) is 4.59. The van der Waals surface area contributed by atoms with Gasteiger partial charge in [0.05, 0.1) is 6.04 Å². The number of rotatable bonds is 5. The molecule has 2 aromatic heterocycles. The van der Waals surface area contributed by atoms with Gasteiger partial charge in [0.2, 0.25) is 5.91 Å². The van der Waals surface area contributed by atoms with Crippen molar-refractivity contribution in [1.82, 2.24) is 25.1 Å². The maximum absolute atomic E-state index is 12.6. The van der Waals surface area contributed by atoms with E-state index in [1.165, 1.54) is 17.3 Å². The Morgan fingerprint density at radius 1 is 1.50 bits per heavy atom. The van der Waals surface area contributed by atoms with Gasteiger partial charge >= 0.3 is 6.18 Å². The van der Waals surface area contributed by atoms with Gasteiger partial charge in [-0.25, -0.2) is 14.6 Å². The van der Waals surface area contributed by atoms with Gasteiger partial charge in [0.1, 0.15) is 23.7 Å². The molecule has 1 N–H and O–H groups in total. The Balaban J connectivity index is 2.09. The fourth-order valence-electron chi connectivity index (χ4n) is 1.75. The summed E-state index contributed by atoms with van der Waals surface area (Å²) in [5.74, 6) is -0.360. The third kappa shape index (κ3) is 3.62. The summed E-state index contributed by atoms with van der Waals surface area (Å²) in [4.78, 5) is 19.5. The van der Waals surface area contributed by atoms with Gasteiger partial charge in [-0.15, -0.1) is 11.3 Å². The van der Waals surface area contributed by atoms with Gasteiger partial charge in [0.15, 0.2) is 5.69 Å². The summed E-state index contributed by atoms with van der Waals surface area (Å²) in [5.41, 5.74) is -0.940. The van der Waals surface area contributed by atoms with Crippen LogP contribution >= 0.6 is 11.3 Å². The highest BCUT2D eigenvalue weighted by atomic mass is 32.1. The first-order chi connectivity index (χ1) is 10.3. The number of carbonyl (C=O) groups excluding carboxylic acids is 1. The molecule has 0 bridgehead atoms. The molecule has 0 aliphatic heterocycles. The summed E-state index contributed by atoms with van der Waals surface area (Å²) in [6.45, 7) is 3.39. The predicted octanol–water partition coefficient (Wildman–Crippen LogP) is 2.58. The molecule has 2 aromatic rings. The molecule has 1 amide bonds. The largest absolute Gasteiger partial charge is 0.434 e. The fourth-order valence-corrected chi connectivity index (χ4v) is 2.71. The number of hydrogen-bond acceptors (Lipinski definition) is 5. The smallest absolute Gasteiger partial charge is 0.345 e. The van der Waals surface area contributed by atoms with Crippen molar-refractivity contribution < 1.29 is 18.0 Å². The molecule has 0 aromatic carbocycles. The molecule has 0 radical (unpaired) electrons. The van der Waals surface area contributed by atoms with Crippen molar-refractivity contribution in [2.24, 2.45) is 0 Å². The number of halogens is 3. The van der Waals surface area contributed by atoms with Gasteiger partial charge in [-0.05, 0) is 13.3 Å². The second-order valence-corrected chi connectivity index (χ2v) is 5.48. The van der Waals surface area contributed by atoms with Crippen LogP contribution in [0.1, 0.15) is 43.1 Å². The molecule has 6 nitrogen and oxygen atoms in total. The highest BCUT2D eigenvalue weighted by molar-refractivity contribution is 7.09. The van der Waals surface area contributed by atoms with Crippen LogP contribution in [0.25, 0.3) is 0 Å². The van der Waals surface area contributed by atoms with E-state index in [1.807, 2.05) is 0 Å². The Kier molecular flexibility index (Phi) is 4.79. The maximum atomic E-state index is 12.6. The number of carbonyl (C=O) groups is 1. The maximum Gasteiger partial charge on any atom is 0.434 e. The van der Waals surface area contributed by atoms with Gasteiger partial charge in [-0.3, -0.25) is 4.79 Å². The molecule has 120 valence electrons. The highest BCUT2D eigenvalue weighted by Crippen LogP contribution is 2.32. The van der Waals surface area contributed by atoms with E-state index in [4.69, 9.17) is 0 Å². The van der Waals surface area contributed by atoms with E-state index in [1.54, 1.807) is 13.8 Å². The molecule has 0 spiro atoms. The topological polar surface area (TPSA) is 72.7 Å². The van der Waals surface area contributed by atoms with Crippen molar-refractivity contribution in [3.63, 3.8) is 0 Å². The molecular formula is C12H14F3N5OS. The predicted molar refractivity (Wildman–Crippen MR) is 73.0 cm³/mol. The zero-order valence-corrected chi connectivity index (χ0v) is 12.6. The van der Waals surface area contributed by atoms with Crippen molar-refractivity contribution >= 4 is 17.2 Å². The van der Waals surface area contributed by atoms with Crippen LogP contribution in [0.2, 0.25) is 0 Å². The molecule has 0 saturated heterocycles. The number of alkyl halides is 3. The lowest BCUT2D eigenvalue weighted by molar-refractivity contribution is -0.140. The molecular weight excluding hydrogens is 319 g/mol. The summed E-state index contributed by atoms with van der Waals surface area (Å²) in [6, 6.07) is -1.18. The highest BCUT2D eigenvalue weighted by Gasteiger charge is 2.34. The van der Waals surface area contributed by atoms with Crippen molar-refractivity contribution in [1.29, 1.82) is 0 Å². The Bertz CT molecular complexity index is 625. The Hall–Kier alpha value is -1.97. The van der Waals surface area contributed by atoms with Gasteiger partial charge < -0.3 is 5.32 Å². The Morgan fingerprint density at radius 3 is 2.73 bits per heavy atom. The summed E-state index contributed by atoms with van der Waals surface area (Å²) >= 11 is 0.880. The number of nitrogens with one attached hydrogen (secondary N) is 1. The fraction of sp³-hybridized carbons (Fsp3) is 0.500. The van der Waals surface area contributed by atoms with E-state index in [0.717, 1.165) is 16.7 Å². The lowest BCUT2D eigenvalue weighted by atomic mass is 10.2. The van der Waals surface area contributed by atoms with Gasteiger partial charge in [0, 0.05) is 5.38 Å². The van der Waals surface area contributed by atoms with Crippen LogP contribution in [0.15, 0.2) is 18.0 Å². The first-order valence-electron chi connectivity index (χ1n) is 6.50. The lowest BCUT2D eigenvalue weighted by Gasteiger charge is -2.18. The van der Waals surface area contributed by atoms with Crippen LogP contribution in [0, 0.1) is 0 Å². The molecule has 0 fully saturated rings. The average Bonchev–Trinajstić information content (AvgIpc) is 3.13. The third-order valence-electron chi connectivity index (χ3n) is 3.05. The van der Waals surface area contributed by atoms with Gasteiger partial charge in [0.25, 0.3) is 0 Å². The standard InChI is InChI=1S/C12H14F3N5OS/c1-3-8(11-19-9(4-22-11)12(13,14)15)18-10(21)7(2)20-6-16-5-17-20/h4-8H,3H2,1-2H3,(H,18,21). The molecule has 2 heterocycles. The van der Waals surface area contributed by atoms with E-state index < -0.39 is 24.0 Å².